The average molecular weight is 497 g/mol. The van der Waals surface area contributed by atoms with Crippen molar-refractivity contribution in [1.82, 2.24) is 9.71 Å². The Labute approximate surface area is 194 Å². The van der Waals surface area contributed by atoms with Crippen molar-refractivity contribution in [3.8, 4) is 5.75 Å². The van der Waals surface area contributed by atoms with E-state index >= 15 is 0 Å². The summed E-state index contributed by atoms with van der Waals surface area (Å²) in [6.07, 6.45) is 2.45. The predicted molar refractivity (Wildman–Crippen MR) is 120 cm³/mol. The molecule has 1 fully saturated rings. The molecule has 1 aromatic carbocycles. The van der Waals surface area contributed by atoms with Crippen LogP contribution in [-0.2, 0) is 31.1 Å². The van der Waals surface area contributed by atoms with Crippen molar-refractivity contribution in [3.63, 3.8) is 0 Å². The van der Waals surface area contributed by atoms with Crippen LogP contribution in [0, 0.1) is 5.92 Å². The number of benzene rings is 1. The van der Waals surface area contributed by atoms with Crippen LogP contribution in [-0.4, -0.2) is 52.0 Å². The van der Waals surface area contributed by atoms with Crippen molar-refractivity contribution in [2.75, 3.05) is 19.0 Å². The van der Waals surface area contributed by atoms with Crippen LogP contribution >= 0.6 is 0 Å². The van der Waals surface area contributed by atoms with Gasteiger partial charge in [-0.05, 0) is 43.2 Å². The number of rotatable bonds is 7. The first-order chi connectivity index (χ1) is 15.7. The van der Waals surface area contributed by atoms with Crippen LogP contribution < -0.4 is 9.46 Å². The van der Waals surface area contributed by atoms with Gasteiger partial charge in [-0.3, -0.25) is 4.98 Å². The molecule has 0 radical (unpaired) electrons. The second kappa shape index (κ2) is 9.67. The Hall–Kier alpha value is -2.05. The molecule has 33 heavy (non-hydrogen) atoms. The van der Waals surface area contributed by atoms with Crippen molar-refractivity contribution < 1.29 is 31.4 Å². The molecule has 2 aliphatic rings. The second-order valence-electron chi connectivity index (χ2n) is 8.27. The molecule has 1 aromatic heterocycles. The van der Waals surface area contributed by atoms with Gasteiger partial charge >= 0.3 is 0 Å². The van der Waals surface area contributed by atoms with Gasteiger partial charge in [0.15, 0.2) is 9.84 Å². The predicted octanol–water partition coefficient (Wildman–Crippen LogP) is 1.96. The number of pyridine rings is 1. The van der Waals surface area contributed by atoms with Crippen molar-refractivity contribution in [2.45, 2.75) is 54.7 Å². The van der Waals surface area contributed by atoms with E-state index in [9.17, 15) is 21.9 Å². The van der Waals surface area contributed by atoms with Gasteiger partial charge in [-0.15, -0.1) is 0 Å². The Morgan fingerprint density at radius 2 is 1.82 bits per heavy atom. The molecule has 2 N–H and O–H groups in total. The number of nitrogens with zero attached hydrogens (tertiary/aromatic N) is 1. The van der Waals surface area contributed by atoms with Gasteiger partial charge in [-0.1, -0.05) is 6.92 Å². The number of aliphatic hydroxyl groups is 1. The lowest BCUT2D eigenvalue weighted by Crippen LogP contribution is -2.36. The molecule has 180 valence electrons. The minimum absolute atomic E-state index is 0.0126. The molecule has 0 saturated carbocycles. The van der Waals surface area contributed by atoms with Gasteiger partial charge in [0.05, 0.1) is 33.9 Å². The largest absolute Gasteiger partial charge is 0.490 e. The van der Waals surface area contributed by atoms with Crippen LogP contribution in [0.3, 0.4) is 0 Å². The standard InChI is InChI=1S/C22H28N2O7S2/c1-2-32(26,27)18-4-3-16(23-14-18)13-24-33(28,29)17-5-6-21-19(11-17)20(25)12-22(31-21)15-7-9-30-10-8-15/h3-6,11,14-15,20,22,24-25H,2,7-10,12-13H2,1H3. The van der Waals surface area contributed by atoms with Crippen molar-refractivity contribution in [2.24, 2.45) is 5.92 Å². The van der Waals surface area contributed by atoms with E-state index in [-0.39, 0.29) is 28.2 Å². The number of aromatic nitrogens is 1. The summed E-state index contributed by atoms with van der Waals surface area (Å²) in [7, 11) is -7.25. The van der Waals surface area contributed by atoms with E-state index in [4.69, 9.17) is 9.47 Å². The van der Waals surface area contributed by atoms with Crippen molar-refractivity contribution >= 4 is 19.9 Å². The Morgan fingerprint density at radius 3 is 2.48 bits per heavy atom. The summed E-state index contributed by atoms with van der Waals surface area (Å²) in [5.74, 6) is 0.765. The molecule has 0 amide bonds. The van der Waals surface area contributed by atoms with Gasteiger partial charge in [0.25, 0.3) is 0 Å². The smallest absolute Gasteiger partial charge is 0.240 e. The first-order valence-electron chi connectivity index (χ1n) is 10.9. The highest BCUT2D eigenvalue weighted by molar-refractivity contribution is 7.91. The molecule has 2 aliphatic heterocycles. The maximum absolute atomic E-state index is 12.8. The summed E-state index contributed by atoms with van der Waals surface area (Å²) in [4.78, 5) is 4.16. The fraction of sp³-hybridized carbons (Fsp3) is 0.500. The highest BCUT2D eigenvalue weighted by Crippen LogP contribution is 2.39. The fourth-order valence-corrected chi connectivity index (χ4v) is 5.97. The lowest BCUT2D eigenvalue weighted by molar-refractivity contribution is -0.0151. The monoisotopic (exact) mass is 496 g/mol. The molecule has 0 spiro atoms. The van der Waals surface area contributed by atoms with E-state index in [0.717, 1.165) is 12.8 Å². The van der Waals surface area contributed by atoms with Crippen molar-refractivity contribution in [1.29, 1.82) is 0 Å². The molecule has 9 nitrogen and oxygen atoms in total. The highest BCUT2D eigenvalue weighted by Gasteiger charge is 2.34. The normalized spacial score (nSPS) is 21.9. The lowest BCUT2D eigenvalue weighted by atomic mass is 9.87. The summed E-state index contributed by atoms with van der Waals surface area (Å²) in [6, 6.07) is 7.36. The third-order valence-electron chi connectivity index (χ3n) is 6.16. The zero-order valence-corrected chi connectivity index (χ0v) is 19.9. The Kier molecular flexibility index (Phi) is 7.06. The van der Waals surface area contributed by atoms with Gasteiger partial charge < -0.3 is 14.6 Å². The highest BCUT2D eigenvalue weighted by atomic mass is 32.2. The third kappa shape index (κ3) is 5.38. The van der Waals surface area contributed by atoms with Gasteiger partial charge in [0, 0.05) is 37.3 Å². The van der Waals surface area contributed by atoms with Gasteiger partial charge in [-0.2, -0.15) is 0 Å². The summed E-state index contributed by atoms with van der Waals surface area (Å²) in [5, 5.41) is 10.7. The minimum atomic E-state index is -3.88. The molecule has 11 heteroatoms. The van der Waals surface area contributed by atoms with E-state index in [1.165, 1.54) is 30.5 Å². The quantitative estimate of drug-likeness (QED) is 0.595. The number of nitrogens with one attached hydrogen (secondary N) is 1. The molecule has 0 aliphatic carbocycles. The van der Waals surface area contributed by atoms with E-state index in [1.54, 1.807) is 13.0 Å². The Bertz CT molecular complexity index is 1190. The summed E-state index contributed by atoms with van der Waals surface area (Å²) >= 11 is 0. The molecule has 0 bridgehead atoms. The Balaban J connectivity index is 1.45. The average Bonchev–Trinajstić information content (AvgIpc) is 2.83. The SMILES string of the molecule is CCS(=O)(=O)c1ccc(CNS(=O)(=O)c2ccc3c(c2)C(O)CC(C2CCOCC2)O3)nc1. The van der Waals surface area contributed by atoms with E-state index < -0.39 is 26.0 Å². The van der Waals surface area contributed by atoms with Crippen LogP contribution in [0.25, 0.3) is 0 Å². The van der Waals surface area contributed by atoms with Crippen LogP contribution in [0.2, 0.25) is 0 Å². The molecular weight excluding hydrogens is 468 g/mol. The number of aliphatic hydroxyl groups excluding tert-OH is 1. The zero-order chi connectivity index (χ0) is 23.6. The molecule has 1 saturated heterocycles. The lowest BCUT2D eigenvalue weighted by Gasteiger charge is -2.36. The van der Waals surface area contributed by atoms with Gasteiger partial charge in [0.1, 0.15) is 11.9 Å². The number of ether oxygens (including phenoxy) is 2. The van der Waals surface area contributed by atoms with Crippen LogP contribution in [0.5, 0.6) is 5.75 Å². The molecular formula is C22H28N2O7S2. The number of fused-ring (bicyclic) bond motifs is 1. The molecule has 2 unspecified atom stereocenters. The van der Waals surface area contributed by atoms with Crippen molar-refractivity contribution in [3.05, 3.63) is 47.8 Å². The zero-order valence-electron chi connectivity index (χ0n) is 18.3. The van der Waals surface area contributed by atoms with Crippen LogP contribution in [0.15, 0.2) is 46.3 Å². The first kappa shape index (κ1) is 24.1. The number of hydrogen-bond acceptors (Lipinski definition) is 8. The first-order valence-corrected chi connectivity index (χ1v) is 14.1. The minimum Gasteiger partial charge on any atom is -0.490 e. The van der Waals surface area contributed by atoms with Gasteiger partial charge in [0.2, 0.25) is 10.0 Å². The van der Waals surface area contributed by atoms with Gasteiger partial charge in [-0.25, -0.2) is 21.6 Å². The van der Waals surface area contributed by atoms with E-state index in [2.05, 4.69) is 9.71 Å². The summed E-state index contributed by atoms with van der Waals surface area (Å²) in [5.41, 5.74) is 0.836. The number of hydrogen-bond donors (Lipinski definition) is 2. The Morgan fingerprint density at radius 1 is 1.09 bits per heavy atom. The maximum Gasteiger partial charge on any atom is 0.240 e. The molecule has 4 rings (SSSR count). The summed E-state index contributed by atoms with van der Waals surface area (Å²) in [6.45, 7) is 2.81. The molecule has 2 atom stereocenters. The topological polar surface area (TPSA) is 132 Å². The maximum atomic E-state index is 12.8. The third-order valence-corrected chi connectivity index (χ3v) is 9.27. The molecule has 2 aromatic rings. The van der Waals surface area contributed by atoms with E-state index in [0.29, 0.717) is 42.6 Å². The summed E-state index contributed by atoms with van der Waals surface area (Å²) < 4.78 is 63.3. The van der Waals surface area contributed by atoms with E-state index in [1.807, 2.05) is 0 Å². The number of sulfone groups is 1. The van der Waals surface area contributed by atoms with Crippen LogP contribution in [0.4, 0.5) is 0 Å². The van der Waals surface area contributed by atoms with Crippen LogP contribution in [0.1, 0.15) is 43.5 Å². The fourth-order valence-electron chi connectivity index (χ4n) is 4.11. The second-order valence-corrected chi connectivity index (χ2v) is 12.3. The molecule has 3 heterocycles. The number of sulfonamides is 1.